The summed E-state index contributed by atoms with van der Waals surface area (Å²) in [6.07, 6.45) is 7.21. The average molecular weight is 362 g/mol. The second-order valence-corrected chi connectivity index (χ2v) is 8.83. The number of hydrogen-bond donors (Lipinski definition) is 0. The summed E-state index contributed by atoms with van der Waals surface area (Å²) in [5, 5.41) is 0. The normalized spacial score (nSPS) is 17.0. The van der Waals surface area contributed by atoms with E-state index in [0.717, 1.165) is 38.1 Å². The Morgan fingerprint density at radius 1 is 1.16 bits per heavy atom. The van der Waals surface area contributed by atoms with Crippen molar-refractivity contribution in [3.8, 4) is 0 Å². The summed E-state index contributed by atoms with van der Waals surface area (Å²) in [5.41, 5.74) is 1.25. The number of sulfonamides is 1. The van der Waals surface area contributed by atoms with E-state index in [0.29, 0.717) is 19.0 Å². The van der Waals surface area contributed by atoms with Gasteiger partial charge in [0.25, 0.3) is 0 Å². The molecule has 0 radical (unpaired) electrons. The molecule has 25 heavy (non-hydrogen) atoms. The second kappa shape index (κ2) is 8.15. The lowest BCUT2D eigenvalue weighted by Crippen LogP contribution is -2.39. The highest BCUT2D eigenvalue weighted by atomic mass is 32.2. The smallest absolute Gasteiger partial charge is 0.214 e. The summed E-state index contributed by atoms with van der Waals surface area (Å²) < 4.78 is 28.6. The van der Waals surface area contributed by atoms with E-state index >= 15 is 0 Å². The first kappa shape index (κ1) is 18.1. The maximum Gasteiger partial charge on any atom is 0.214 e. The number of aromatic nitrogens is 2. The molecule has 0 amide bonds. The van der Waals surface area contributed by atoms with Gasteiger partial charge < -0.3 is 4.57 Å². The van der Waals surface area contributed by atoms with E-state index in [-0.39, 0.29) is 5.75 Å². The molecule has 1 aromatic carbocycles. The molecule has 0 bridgehead atoms. The number of piperidine rings is 1. The molecule has 1 fully saturated rings. The lowest BCUT2D eigenvalue weighted by atomic mass is 9.97. The summed E-state index contributed by atoms with van der Waals surface area (Å²) >= 11 is 0. The van der Waals surface area contributed by atoms with Crippen LogP contribution in [0.2, 0.25) is 0 Å². The van der Waals surface area contributed by atoms with Crippen molar-refractivity contribution in [3.63, 3.8) is 0 Å². The number of imidazole rings is 1. The van der Waals surface area contributed by atoms with Gasteiger partial charge in [0.15, 0.2) is 0 Å². The highest BCUT2D eigenvalue weighted by Gasteiger charge is 2.29. The molecular formula is C19H27N3O2S. The predicted octanol–water partition coefficient (Wildman–Crippen LogP) is 3.24. The molecule has 0 atom stereocenters. The van der Waals surface area contributed by atoms with Crippen LogP contribution in [0.1, 0.15) is 49.9 Å². The first-order valence-corrected chi connectivity index (χ1v) is 10.7. The molecule has 1 aromatic heterocycles. The van der Waals surface area contributed by atoms with Crippen LogP contribution in [0.5, 0.6) is 0 Å². The van der Waals surface area contributed by atoms with Crippen molar-refractivity contribution >= 4 is 10.0 Å². The second-order valence-electron chi connectivity index (χ2n) is 6.74. The van der Waals surface area contributed by atoms with Gasteiger partial charge in [0.05, 0.1) is 5.75 Å². The van der Waals surface area contributed by atoms with Gasteiger partial charge in [-0.1, -0.05) is 43.7 Å². The average Bonchev–Trinajstić information content (AvgIpc) is 3.09. The highest BCUT2D eigenvalue weighted by Crippen LogP contribution is 2.28. The number of nitrogens with zero attached hydrogens (tertiary/aromatic N) is 3. The zero-order chi connectivity index (χ0) is 17.7. The number of rotatable bonds is 7. The van der Waals surface area contributed by atoms with E-state index in [4.69, 9.17) is 0 Å². The maximum absolute atomic E-state index is 12.4. The van der Waals surface area contributed by atoms with E-state index in [1.807, 2.05) is 37.5 Å². The molecule has 0 aliphatic carbocycles. The van der Waals surface area contributed by atoms with Crippen LogP contribution in [0.25, 0.3) is 0 Å². The highest BCUT2D eigenvalue weighted by molar-refractivity contribution is 7.89. The van der Waals surface area contributed by atoms with Gasteiger partial charge in [0.1, 0.15) is 5.82 Å². The number of unbranched alkanes of at least 4 members (excludes halogenated alkanes) is 1. The Morgan fingerprint density at radius 3 is 2.56 bits per heavy atom. The van der Waals surface area contributed by atoms with E-state index in [2.05, 4.69) is 21.7 Å². The third-order valence-electron chi connectivity index (χ3n) is 4.91. The molecule has 1 saturated heterocycles. The van der Waals surface area contributed by atoms with Gasteiger partial charge in [-0.3, -0.25) is 0 Å². The third kappa shape index (κ3) is 4.50. The lowest BCUT2D eigenvalue weighted by molar-refractivity contribution is 0.310. The molecule has 136 valence electrons. The molecular weight excluding hydrogens is 334 g/mol. The van der Waals surface area contributed by atoms with E-state index < -0.39 is 10.0 Å². The minimum Gasteiger partial charge on any atom is -0.330 e. The topological polar surface area (TPSA) is 55.2 Å². The van der Waals surface area contributed by atoms with Gasteiger partial charge in [-0.05, 0) is 24.8 Å². The van der Waals surface area contributed by atoms with Crippen molar-refractivity contribution in [2.75, 3.05) is 18.8 Å². The zero-order valence-electron chi connectivity index (χ0n) is 14.8. The molecule has 5 nitrogen and oxygen atoms in total. The number of hydrogen-bond acceptors (Lipinski definition) is 3. The summed E-state index contributed by atoms with van der Waals surface area (Å²) in [5.74, 6) is 1.68. The zero-order valence-corrected chi connectivity index (χ0v) is 15.7. The first-order chi connectivity index (χ1) is 12.1. The summed E-state index contributed by atoms with van der Waals surface area (Å²) in [7, 11) is -3.09. The fourth-order valence-electron chi connectivity index (χ4n) is 3.44. The van der Waals surface area contributed by atoms with Crippen molar-refractivity contribution in [2.45, 2.75) is 45.1 Å². The minimum atomic E-state index is -3.09. The Balaban J connectivity index is 1.63. The summed E-state index contributed by atoms with van der Waals surface area (Å²) in [6.45, 7) is 4.04. The number of benzene rings is 1. The lowest BCUT2D eigenvalue weighted by Gasteiger charge is -2.31. The third-order valence-corrected chi connectivity index (χ3v) is 6.87. The van der Waals surface area contributed by atoms with Gasteiger partial charge in [-0.25, -0.2) is 17.7 Å². The molecule has 3 rings (SSSR count). The van der Waals surface area contributed by atoms with E-state index in [1.165, 1.54) is 5.56 Å². The Labute approximate surface area is 150 Å². The van der Waals surface area contributed by atoms with Crippen LogP contribution in [0.3, 0.4) is 0 Å². The molecule has 6 heteroatoms. The van der Waals surface area contributed by atoms with Crippen molar-refractivity contribution in [1.82, 2.24) is 13.9 Å². The molecule has 0 saturated carbocycles. The van der Waals surface area contributed by atoms with Crippen LogP contribution >= 0.6 is 0 Å². The molecule has 0 unspecified atom stereocenters. The predicted molar refractivity (Wildman–Crippen MR) is 100 cm³/mol. The van der Waals surface area contributed by atoms with Crippen LogP contribution in [-0.2, 0) is 16.6 Å². The quantitative estimate of drug-likeness (QED) is 0.761. The van der Waals surface area contributed by atoms with Gasteiger partial charge in [-0.2, -0.15) is 0 Å². The van der Waals surface area contributed by atoms with Gasteiger partial charge in [0, 0.05) is 37.9 Å². The van der Waals surface area contributed by atoms with Crippen molar-refractivity contribution in [1.29, 1.82) is 0 Å². The molecule has 2 heterocycles. The van der Waals surface area contributed by atoms with Crippen LogP contribution in [0.15, 0.2) is 42.7 Å². The summed E-state index contributed by atoms with van der Waals surface area (Å²) in [6, 6.07) is 10.4. The Morgan fingerprint density at radius 2 is 1.88 bits per heavy atom. The van der Waals surface area contributed by atoms with E-state index in [9.17, 15) is 8.42 Å². The molecule has 2 aromatic rings. The molecule has 0 N–H and O–H groups in total. The summed E-state index contributed by atoms with van der Waals surface area (Å²) in [4.78, 5) is 4.57. The van der Waals surface area contributed by atoms with Crippen molar-refractivity contribution in [3.05, 3.63) is 54.1 Å². The Hall–Kier alpha value is -1.66. The first-order valence-electron chi connectivity index (χ1n) is 9.13. The van der Waals surface area contributed by atoms with Gasteiger partial charge in [-0.15, -0.1) is 0 Å². The van der Waals surface area contributed by atoms with Gasteiger partial charge >= 0.3 is 0 Å². The molecule has 1 aliphatic heterocycles. The fraction of sp³-hybridized carbons (Fsp3) is 0.526. The maximum atomic E-state index is 12.4. The van der Waals surface area contributed by atoms with Crippen LogP contribution < -0.4 is 0 Å². The SMILES string of the molecule is CCCCS(=O)(=O)N1CCC(c2nccn2Cc2ccccc2)CC1. The van der Waals surface area contributed by atoms with Crippen LogP contribution in [0.4, 0.5) is 0 Å². The Bertz CT molecular complexity index is 763. The minimum absolute atomic E-state index is 0.275. The van der Waals surface area contributed by atoms with Crippen molar-refractivity contribution < 1.29 is 8.42 Å². The largest absolute Gasteiger partial charge is 0.330 e. The van der Waals surface area contributed by atoms with E-state index in [1.54, 1.807) is 4.31 Å². The van der Waals surface area contributed by atoms with Crippen molar-refractivity contribution in [2.24, 2.45) is 0 Å². The molecule has 0 spiro atoms. The van der Waals surface area contributed by atoms with Crippen LogP contribution in [-0.4, -0.2) is 41.1 Å². The van der Waals surface area contributed by atoms with Gasteiger partial charge in [0.2, 0.25) is 10.0 Å². The monoisotopic (exact) mass is 361 g/mol. The van der Waals surface area contributed by atoms with Crippen LogP contribution in [0, 0.1) is 0 Å². The fourth-order valence-corrected chi connectivity index (χ4v) is 5.12. The standard InChI is InChI=1S/C19H27N3O2S/c1-2-3-15-25(23,24)22-12-9-18(10-13-22)19-20-11-14-21(19)16-17-7-5-4-6-8-17/h4-8,11,14,18H,2-3,9-10,12-13,15-16H2,1H3. The molecule has 1 aliphatic rings. The Kier molecular flexibility index (Phi) is 5.91.